The number of rotatable bonds is 7. The molecule has 0 aliphatic rings. The Bertz CT molecular complexity index is 526. The van der Waals surface area contributed by atoms with E-state index in [2.05, 4.69) is 26.6 Å². The molecule has 8 heteroatoms. The van der Waals surface area contributed by atoms with E-state index in [1.807, 2.05) is 13.8 Å². The van der Waals surface area contributed by atoms with E-state index in [9.17, 15) is 14.4 Å². The van der Waals surface area contributed by atoms with Gasteiger partial charge in [-0.3, -0.25) is 9.59 Å². The van der Waals surface area contributed by atoms with Crippen LogP contribution in [0.2, 0.25) is 0 Å². The fourth-order valence-corrected chi connectivity index (χ4v) is 1.97. The van der Waals surface area contributed by atoms with Crippen LogP contribution in [-0.4, -0.2) is 35.5 Å². The molecule has 0 aliphatic heterocycles. The third-order valence-corrected chi connectivity index (χ3v) is 3.00. The number of hydrogen-bond donors (Lipinski definition) is 3. The zero-order chi connectivity index (χ0) is 16.0. The van der Waals surface area contributed by atoms with E-state index >= 15 is 0 Å². The number of furan rings is 1. The van der Waals surface area contributed by atoms with E-state index in [4.69, 9.17) is 9.52 Å². The molecule has 1 heterocycles. The Labute approximate surface area is 130 Å². The van der Waals surface area contributed by atoms with Crippen LogP contribution < -0.4 is 10.6 Å². The lowest BCUT2D eigenvalue weighted by molar-refractivity contribution is -0.142. The second-order valence-corrected chi connectivity index (χ2v) is 5.69. The fraction of sp³-hybridized carbons (Fsp3) is 0.462. The molecular weight excluding hydrogens is 344 g/mol. The summed E-state index contributed by atoms with van der Waals surface area (Å²) in [6.07, 6.45) is 1.57. The monoisotopic (exact) mass is 360 g/mol. The minimum Gasteiger partial charge on any atom is -0.480 e. The Balaban J connectivity index is 2.45. The summed E-state index contributed by atoms with van der Waals surface area (Å²) in [5.41, 5.74) is 0.270. The van der Waals surface area contributed by atoms with Crippen LogP contribution in [0.4, 0.5) is 0 Å². The summed E-state index contributed by atoms with van der Waals surface area (Å²) in [6, 6.07) is 0.504. The molecular formula is C13H17BrN2O5. The average Bonchev–Trinajstić information content (AvgIpc) is 2.81. The highest BCUT2D eigenvalue weighted by atomic mass is 79.9. The molecule has 21 heavy (non-hydrogen) atoms. The van der Waals surface area contributed by atoms with E-state index in [1.165, 1.54) is 12.3 Å². The second-order valence-electron chi connectivity index (χ2n) is 4.91. The van der Waals surface area contributed by atoms with Crippen molar-refractivity contribution in [3.05, 3.63) is 22.6 Å². The fourth-order valence-electron chi connectivity index (χ4n) is 1.63. The molecule has 0 fully saturated rings. The molecule has 7 nitrogen and oxygen atoms in total. The molecule has 0 saturated heterocycles. The summed E-state index contributed by atoms with van der Waals surface area (Å²) in [4.78, 5) is 34.3. The van der Waals surface area contributed by atoms with Crippen molar-refractivity contribution in [3.8, 4) is 0 Å². The lowest BCUT2D eigenvalue weighted by Crippen LogP contribution is -2.46. The SMILES string of the molecule is CC(C)C[C@H](NC(=O)CNC(=O)c1coc(Br)c1)C(=O)O. The number of carboxylic acids is 1. The Kier molecular flexibility index (Phi) is 6.41. The Hall–Kier alpha value is -1.83. The topological polar surface area (TPSA) is 109 Å². The van der Waals surface area contributed by atoms with Crippen LogP contribution in [0.3, 0.4) is 0 Å². The first kappa shape index (κ1) is 17.2. The Morgan fingerprint density at radius 3 is 2.52 bits per heavy atom. The Morgan fingerprint density at radius 2 is 2.05 bits per heavy atom. The van der Waals surface area contributed by atoms with Crippen LogP contribution in [0.1, 0.15) is 30.6 Å². The molecule has 0 spiro atoms. The normalized spacial score (nSPS) is 12.0. The lowest BCUT2D eigenvalue weighted by Gasteiger charge is -2.16. The van der Waals surface area contributed by atoms with Crippen LogP contribution in [0.15, 0.2) is 21.4 Å². The molecule has 1 rings (SSSR count). The number of nitrogens with one attached hydrogen (secondary N) is 2. The van der Waals surface area contributed by atoms with Crippen molar-refractivity contribution < 1.29 is 23.9 Å². The maximum atomic E-state index is 11.7. The lowest BCUT2D eigenvalue weighted by atomic mass is 10.0. The summed E-state index contributed by atoms with van der Waals surface area (Å²) in [7, 11) is 0. The van der Waals surface area contributed by atoms with E-state index in [0.29, 0.717) is 11.1 Å². The first-order chi connectivity index (χ1) is 9.79. The van der Waals surface area contributed by atoms with Gasteiger partial charge in [-0.15, -0.1) is 0 Å². The van der Waals surface area contributed by atoms with Crippen LogP contribution >= 0.6 is 15.9 Å². The van der Waals surface area contributed by atoms with Gasteiger partial charge in [-0.25, -0.2) is 4.79 Å². The van der Waals surface area contributed by atoms with E-state index < -0.39 is 23.8 Å². The van der Waals surface area contributed by atoms with Gasteiger partial charge in [0.2, 0.25) is 5.91 Å². The summed E-state index contributed by atoms with van der Waals surface area (Å²) < 4.78 is 5.31. The van der Waals surface area contributed by atoms with Crippen LogP contribution in [-0.2, 0) is 9.59 Å². The summed E-state index contributed by atoms with van der Waals surface area (Å²) in [5, 5.41) is 13.8. The maximum absolute atomic E-state index is 11.7. The molecule has 0 aliphatic carbocycles. The van der Waals surface area contributed by atoms with Gasteiger partial charge in [0, 0.05) is 6.07 Å². The number of halogens is 1. The smallest absolute Gasteiger partial charge is 0.326 e. The van der Waals surface area contributed by atoms with Crippen LogP contribution in [0.5, 0.6) is 0 Å². The number of carbonyl (C=O) groups excluding carboxylic acids is 2. The van der Waals surface area contributed by atoms with Gasteiger partial charge in [0.05, 0.1) is 12.1 Å². The van der Waals surface area contributed by atoms with Crippen molar-refractivity contribution in [1.82, 2.24) is 10.6 Å². The van der Waals surface area contributed by atoms with Crippen molar-refractivity contribution in [2.45, 2.75) is 26.3 Å². The molecule has 1 atom stereocenters. The molecule has 0 bridgehead atoms. The summed E-state index contributed by atoms with van der Waals surface area (Å²) in [6.45, 7) is 3.42. The number of carbonyl (C=O) groups is 3. The van der Waals surface area contributed by atoms with Gasteiger partial charge in [-0.05, 0) is 28.3 Å². The van der Waals surface area contributed by atoms with Gasteiger partial charge >= 0.3 is 5.97 Å². The second kappa shape index (κ2) is 7.82. The number of carboxylic acid groups (broad SMARTS) is 1. The number of aliphatic carboxylic acids is 1. The molecule has 0 unspecified atom stereocenters. The van der Waals surface area contributed by atoms with Crippen molar-refractivity contribution in [3.63, 3.8) is 0 Å². The standard InChI is InChI=1S/C13H17BrN2O5/c1-7(2)3-9(13(19)20)16-11(17)5-15-12(18)8-4-10(14)21-6-8/h4,6-7,9H,3,5H2,1-2H3,(H,15,18)(H,16,17)(H,19,20)/t9-/m0/s1. The molecule has 0 aromatic carbocycles. The predicted molar refractivity (Wildman–Crippen MR) is 77.8 cm³/mol. The van der Waals surface area contributed by atoms with Gasteiger partial charge in [0.15, 0.2) is 4.67 Å². The van der Waals surface area contributed by atoms with Gasteiger partial charge < -0.3 is 20.2 Å². The highest BCUT2D eigenvalue weighted by molar-refractivity contribution is 9.10. The van der Waals surface area contributed by atoms with E-state index in [-0.39, 0.29) is 18.0 Å². The highest BCUT2D eigenvalue weighted by Gasteiger charge is 2.21. The van der Waals surface area contributed by atoms with Gasteiger partial charge in [-0.2, -0.15) is 0 Å². The van der Waals surface area contributed by atoms with Crippen molar-refractivity contribution in [2.75, 3.05) is 6.54 Å². The third kappa shape index (κ3) is 5.99. The minimum atomic E-state index is -1.10. The largest absolute Gasteiger partial charge is 0.480 e. The molecule has 1 aromatic heterocycles. The van der Waals surface area contributed by atoms with Gasteiger partial charge in [-0.1, -0.05) is 13.8 Å². The molecule has 2 amide bonds. The van der Waals surface area contributed by atoms with Crippen LogP contribution in [0, 0.1) is 5.92 Å². The predicted octanol–water partition coefficient (Wildman–Crippen LogP) is 1.39. The van der Waals surface area contributed by atoms with Gasteiger partial charge in [0.25, 0.3) is 5.91 Å². The number of hydrogen-bond acceptors (Lipinski definition) is 4. The highest BCUT2D eigenvalue weighted by Crippen LogP contribution is 2.13. The molecule has 0 radical (unpaired) electrons. The van der Waals surface area contributed by atoms with Crippen molar-refractivity contribution in [1.29, 1.82) is 0 Å². The molecule has 0 saturated carbocycles. The Morgan fingerprint density at radius 1 is 1.38 bits per heavy atom. The van der Waals surface area contributed by atoms with E-state index in [0.717, 1.165) is 0 Å². The number of amides is 2. The maximum Gasteiger partial charge on any atom is 0.326 e. The first-order valence-electron chi connectivity index (χ1n) is 6.34. The third-order valence-electron chi connectivity index (χ3n) is 2.58. The first-order valence-corrected chi connectivity index (χ1v) is 7.13. The van der Waals surface area contributed by atoms with Crippen molar-refractivity contribution in [2.24, 2.45) is 5.92 Å². The van der Waals surface area contributed by atoms with Crippen LogP contribution in [0.25, 0.3) is 0 Å². The zero-order valence-corrected chi connectivity index (χ0v) is 13.3. The van der Waals surface area contributed by atoms with Gasteiger partial charge in [0.1, 0.15) is 12.3 Å². The molecule has 1 aromatic rings. The summed E-state index contributed by atoms with van der Waals surface area (Å²) in [5.74, 6) is -2.00. The zero-order valence-electron chi connectivity index (χ0n) is 11.7. The summed E-state index contributed by atoms with van der Waals surface area (Å²) >= 11 is 3.06. The molecule has 3 N–H and O–H groups in total. The molecule has 116 valence electrons. The quantitative estimate of drug-likeness (QED) is 0.680. The minimum absolute atomic E-state index is 0.129. The average molecular weight is 361 g/mol. The van der Waals surface area contributed by atoms with E-state index in [1.54, 1.807) is 0 Å². The van der Waals surface area contributed by atoms with Crippen molar-refractivity contribution >= 4 is 33.7 Å².